The topological polar surface area (TPSA) is 49.8 Å². The van der Waals surface area contributed by atoms with Gasteiger partial charge < -0.3 is 14.7 Å². The van der Waals surface area contributed by atoms with Crippen LogP contribution >= 0.6 is 11.3 Å². The van der Waals surface area contributed by atoms with E-state index in [4.69, 9.17) is 9.84 Å². The van der Waals surface area contributed by atoms with Crippen molar-refractivity contribution in [1.29, 1.82) is 0 Å². The first-order valence-corrected chi connectivity index (χ1v) is 7.72. The third-order valence-electron chi connectivity index (χ3n) is 3.29. The highest BCUT2D eigenvalue weighted by Gasteiger charge is 2.25. The number of amides is 1. The van der Waals surface area contributed by atoms with E-state index in [-0.39, 0.29) is 18.6 Å². The lowest BCUT2D eigenvalue weighted by atomic mass is 10.1. The van der Waals surface area contributed by atoms with Crippen LogP contribution in [0, 0.1) is 11.8 Å². The third-order valence-corrected chi connectivity index (χ3v) is 4.20. The first-order valence-electron chi connectivity index (χ1n) is 6.84. The molecular weight excluding hydrogens is 274 g/mol. The fourth-order valence-corrected chi connectivity index (χ4v) is 3.13. The average molecular weight is 293 g/mol. The Labute approximate surface area is 123 Å². The van der Waals surface area contributed by atoms with Gasteiger partial charge in [-0.05, 0) is 31.2 Å². The minimum Gasteiger partial charge on any atom is -0.384 e. The summed E-state index contributed by atoms with van der Waals surface area (Å²) < 4.78 is 5.59. The zero-order valence-electron chi connectivity index (χ0n) is 11.6. The van der Waals surface area contributed by atoms with Crippen LogP contribution in [-0.4, -0.2) is 48.3 Å². The summed E-state index contributed by atoms with van der Waals surface area (Å²) in [5.74, 6) is 5.46. The number of aliphatic hydroxyl groups excluding tert-OH is 1. The van der Waals surface area contributed by atoms with E-state index in [1.54, 1.807) is 0 Å². The number of piperidine rings is 1. The van der Waals surface area contributed by atoms with Crippen LogP contribution in [-0.2, 0) is 4.74 Å². The van der Waals surface area contributed by atoms with Gasteiger partial charge in [0, 0.05) is 25.3 Å². The largest absolute Gasteiger partial charge is 0.384 e. The number of ether oxygens (including phenoxy) is 1. The number of carbonyl (C=O) groups is 1. The molecule has 2 heterocycles. The third kappa shape index (κ3) is 3.60. The molecule has 1 aromatic heterocycles. The van der Waals surface area contributed by atoms with E-state index in [1.807, 2.05) is 23.3 Å². The van der Waals surface area contributed by atoms with Crippen LogP contribution in [0.1, 0.15) is 35.0 Å². The van der Waals surface area contributed by atoms with E-state index in [1.165, 1.54) is 11.3 Å². The summed E-state index contributed by atoms with van der Waals surface area (Å²) in [5, 5.41) is 10.6. The highest BCUT2D eigenvalue weighted by molar-refractivity contribution is 7.12. The lowest BCUT2D eigenvalue weighted by Gasteiger charge is -2.31. The molecule has 0 atom stereocenters. The quantitative estimate of drug-likeness (QED) is 0.864. The van der Waals surface area contributed by atoms with Gasteiger partial charge in [-0.3, -0.25) is 4.79 Å². The van der Waals surface area contributed by atoms with Gasteiger partial charge in [0.15, 0.2) is 0 Å². The van der Waals surface area contributed by atoms with Crippen LogP contribution < -0.4 is 0 Å². The van der Waals surface area contributed by atoms with E-state index < -0.39 is 0 Å². The van der Waals surface area contributed by atoms with Crippen molar-refractivity contribution in [3.8, 4) is 11.8 Å². The predicted octanol–water partition coefficient (Wildman–Crippen LogP) is 1.73. The molecule has 0 spiro atoms. The maximum Gasteiger partial charge on any atom is 0.265 e. The van der Waals surface area contributed by atoms with Crippen molar-refractivity contribution >= 4 is 17.2 Å². The molecule has 5 heteroatoms. The van der Waals surface area contributed by atoms with Crippen molar-refractivity contribution in [2.24, 2.45) is 0 Å². The van der Waals surface area contributed by atoms with E-state index in [9.17, 15) is 4.79 Å². The summed E-state index contributed by atoms with van der Waals surface area (Å²) in [6, 6.07) is 1.83. The van der Waals surface area contributed by atoms with Crippen molar-refractivity contribution in [3.63, 3.8) is 0 Å². The monoisotopic (exact) mass is 293 g/mol. The van der Waals surface area contributed by atoms with Crippen molar-refractivity contribution < 1.29 is 14.6 Å². The molecule has 0 radical (unpaired) electrons. The molecule has 0 aliphatic carbocycles. The van der Waals surface area contributed by atoms with Gasteiger partial charge in [0.1, 0.15) is 11.5 Å². The Morgan fingerprint density at radius 3 is 2.95 bits per heavy atom. The Hall–Kier alpha value is -1.35. The average Bonchev–Trinajstić information content (AvgIpc) is 2.94. The zero-order chi connectivity index (χ0) is 14.4. The van der Waals surface area contributed by atoms with Gasteiger partial charge in [0.25, 0.3) is 5.91 Å². The Morgan fingerprint density at radius 1 is 1.55 bits per heavy atom. The van der Waals surface area contributed by atoms with E-state index in [2.05, 4.69) is 11.8 Å². The fraction of sp³-hybridized carbons (Fsp3) is 0.533. The van der Waals surface area contributed by atoms with Crippen LogP contribution in [0.4, 0.5) is 0 Å². The van der Waals surface area contributed by atoms with Crippen LogP contribution in [0.15, 0.2) is 11.4 Å². The van der Waals surface area contributed by atoms with Crippen molar-refractivity contribution in [2.75, 3.05) is 26.3 Å². The molecular formula is C15H19NO3S. The van der Waals surface area contributed by atoms with Crippen LogP contribution in [0.25, 0.3) is 0 Å². The van der Waals surface area contributed by atoms with Crippen molar-refractivity contribution in [1.82, 2.24) is 4.90 Å². The van der Waals surface area contributed by atoms with Gasteiger partial charge in [-0.15, -0.1) is 11.3 Å². The molecule has 1 N–H and O–H groups in total. The second-order valence-corrected chi connectivity index (χ2v) is 5.49. The zero-order valence-corrected chi connectivity index (χ0v) is 12.4. The molecule has 1 aliphatic heterocycles. The minimum atomic E-state index is -0.191. The first kappa shape index (κ1) is 15.0. The summed E-state index contributed by atoms with van der Waals surface area (Å²) in [6.45, 7) is 3.99. The first-order chi connectivity index (χ1) is 9.76. The number of rotatable bonds is 3. The SMILES string of the molecule is CCOC1CCN(C(=O)c2sccc2C#CCO)CC1. The summed E-state index contributed by atoms with van der Waals surface area (Å²) in [7, 11) is 0. The summed E-state index contributed by atoms with van der Waals surface area (Å²) in [5.41, 5.74) is 0.709. The summed E-state index contributed by atoms with van der Waals surface area (Å²) in [6.07, 6.45) is 2.06. The molecule has 0 unspecified atom stereocenters. The van der Waals surface area contributed by atoms with Gasteiger partial charge in [0.05, 0.1) is 6.10 Å². The summed E-state index contributed by atoms with van der Waals surface area (Å²) in [4.78, 5) is 15.0. The van der Waals surface area contributed by atoms with Crippen LogP contribution in [0.3, 0.4) is 0 Å². The van der Waals surface area contributed by atoms with Gasteiger partial charge in [-0.1, -0.05) is 11.8 Å². The van der Waals surface area contributed by atoms with Gasteiger partial charge >= 0.3 is 0 Å². The Bertz CT molecular complexity index is 507. The highest BCUT2D eigenvalue weighted by Crippen LogP contribution is 2.21. The minimum absolute atomic E-state index is 0.0391. The van der Waals surface area contributed by atoms with Gasteiger partial charge in [-0.25, -0.2) is 0 Å². The summed E-state index contributed by atoms with van der Waals surface area (Å²) >= 11 is 1.41. The van der Waals surface area contributed by atoms with Crippen molar-refractivity contribution in [3.05, 3.63) is 21.9 Å². The number of nitrogens with zero attached hydrogens (tertiary/aromatic N) is 1. The lowest BCUT2D eigenvalue weighted by Crippen LogP contribution is -2.40. The number of likely N-dealkylation sites (tertiary alicyclic amines) is 1. The molecule has 1 saturated heterocycles. The smallest absolute Gasteiger partial charge is 0.265 e. The molecule has 0 aromatic carbocycles. The predicted molar refractivity (Wildman–Crippen MR) is 78.8 cm³/mol. The number of thiophene rings is 1. The molecule has 1 amide bonds. The molecule has 2 rings (SSSR count). The van der Waals surface area contributed by atoms with Crippen LogP contribution in [0.2, 0.25) is 0 Å². The molecule has 1 aliphatic rings. The lowest BCUT2D eigenvalue weighted by molar-refractivity contribution is 0.0147. The maximum atomic E-state index is 12.5. The molecule has 108 valence electrons. The van der Waals surface area contributed by atoms with E-state index in [0.29, 0.717) is 10.4 Å². The fourth-order valence-electron chi connectivity index (χ4n) is 2.31. The van der Waals surface area contributed by atoms with Gasteiger partial charge in [0.2, 0.25) is 0 Å². The van der Waals surface area contributed by atoms with Crippen LogP contribution in [0.5, 0.6) is 0 Å². The van der Waals surface area contributed by atoms with E-state index in [0.717, 1.165) is 32.5 Å². The molecule has 20 heavy (non-hydrogen) atoms. The van der Waals surface area contributed by atoms with Gasteiger partial charge in [-0.2, -0.15) is 0 Å². The Morgan fingerprint density at radius 2 is 2.30 bits per heavy atom. The maximum absolute atomic E-state index is 12.5. The Kier molecular flexibility index (Phi) is 5.60. The molecule has 0 saturated carbocycles. The normalized spacial score (nSPS) is 15.8. The van der Waals surface area contributed by atoms with E-state index >= 15 is 0 Å². The highest BCUT2D eigenvalue weighted by atomic mass is 32.1. The molecule has 1 aromatic rings. The number of hydrogen-bond acceptors (Lipinski definition) is 4. The number of hydrogen-bond donors (Lipinski definition) is 1. The second kappa shape index (κ2) is 7.44. The van der Waals surface area contributed by atoms with Crippen molar-refractivity contribution in [2.45, 2.75) is 25.9 Å². The molecule has 1 fully saturated rings. The molecule has 0 bridgehead atoms. The molecule has 4 nitrogen and oxygen atoms in total. The number of carbonyl (C=O) groups excluding carboxylic acids is 1. The Balaban J connectivity index is 2.00. The second-order valence-electron chi connectivity index (χ2n) is 4.57. The standard InChI is InChI=1S/C15H19NO3S/c1-2-19-13-5-8-16(9-6-13)15(18)14-12(4-3-10-17)7-11-20-14/h7,11,13,17H,2,5-6,8-10H2,1H3. The number of aliphatic hydroxyl groups is 1.